The molecule has 0 radical (unpaired) electrons. The van der Waals surface area contributed by atoms with Crippen molar-refractivity contribution in [3.8, 4) is 6.07 Å². The highest BCUT2D eigenvalue weighted by atomic mass is 79.9. The first kappa shape index (κ1) is 8.28. The van der Waals surface area contributed by atoms with Gasteiger partial charge < -0.3 is 4.98 Å². The molecule has 0 amide bonds. The molecule has 0 saturated carbocycles. The van der Waals surface area contributed by atoms with Gasteiger partial charge in [0.2, 0.25) is 0 Å². The average Bonchev–Trinajstić information content (AvgIpc) is 2.33. The third kappa shape index (κ3) is 1.81. The van der Waals surface area contributed by atoms with Crippen molar-refractivity contribution in [2.45, 2.75) is 19.8 Å². The van der Waals surface area contributed by atoms with Crippen molar-refractivity contribution < 1.29 is 0 Å². The van der Waals surface area contributed by atoms with Crippen molar-refractivity contribution in [3.05, 3.63) is 16.1 Å². The van der Waals surface area contributed by atoms with E-state index in [1.165, 1.54) is 0 Å². The molecular weight excluding hydrogens is 206 g/mol. The summed E-state index contributed by atoms with van der Waals surface area (Å²) in [5, 5.41) is 8.41. The van der Waals surface area contributed by atoms with Gasteiger partial charge in [0.15, 0.2) is 0 Å². The van der Waals surface area contributed by atoms with Gasteiger partial charge in [-0.05, 0) is 15.9 Å². The molecule has 58 valence electrons. The summed E-state index contributed by atoms with van der Waals surface area (Å²) in [7, 11) is 0. The number of nitrogens with one attached hydrogen (secondary N) is 1. The monoisotopic (exact) mass is 213 g/mol. The first-order valence-corrected chi connectivity index (χ1v) is 4.17. The number of aromatic amines is 1. The molecule has 0 atom stereocenters. The number of nitriles is 1. The SMILES string of the molecule is CCc1nc(Br)c(CC#N)[nH]1. The summed E-state index contributed by atoms with van der Waals surface area (Å²) in [6.07, 6.45) is 1.25. The fourth-order valence-corrected chi connectivity index (χ4v) is 1.26. The molecule has 1 heterocycles. The van der Waals surface area contributed by atoms with E-state index in [4.69, 9.17) is 5.26 Å². The minimum atomic E-state index is 0.383. The van der Waals surface area contributed by atoms with Crippen LogP contribution in [-0.2, 0) is 12.8 Å². The molecule has 0 aliphatic heterocycles. The second kappa shape index (κ2) is 3.54. The molecule has 1 aromatic heterocycles. The standard InChI is InChI=1S/C7H8BrN3/c1-2-6-10-5(3-4-9)7(8)11-6/h2-3H2,1H3,(H,10,11). The molecule has 0 fully saturated rings. The zero-order chi connectivity index (χ0) is 8.27. The third-order valence-corrected chi connectivity index (χ3v) is 2.02. The Bertz CT molecular complexity index is 284. The molecule has 1 rings (SSSR count). The van der Waals surface area contributed by atoms with Crippen LogP contribution in [0, 0.1) is 11.3 Å². The van der Waals surface area contributed by atoms with Crippen LogP contribution in [0.15, 0.2) is 4.60 Å². The van der Waals surface area contributed by atoms with Gasteiger partial charge in [0, 0.05) is 6.42 Å². The van der Waals surface area contributed by atoms with Crippen LogP contribution in [0.25, 0.3) is 0 Å². The summed E-state index contributed by atoms with van der Waals surface area (Å²) in [6.45, 7) is 2.02. The number of H-pyrrole nitrogens is 1. The fraction of sp³-hybridized carbons (Fsp3) is 0.429. The van der Waals surface area contributed by atoms with Crippen LogP contribution in [0.3, 0.4) is 0 Å². The topological polar surface area (TPSA) is 52.5 Å². The van der Waals surface area contributed by atoms with Gasteiger partial charge in [0.25, 0.3) is 0 Å². The molecule has 0 saturated heterocycles. The molecule has 11 heavy (non-hydrogen) atoms. The number of aromatic nitrogens is 2. The Morgan fingerprint density at radius 2 is 2.45 bits per heavy atom. The van der Waals surface area contributed by atoms with E-state index in [1.807, 2.05) is 6.92 Å². The maximum Gasteiger partial charge on any atom is 0.128 e. The van der Waals surface area contributed by atoms with Crippen molar-refractivity contribution >= 4 is 15.9 Å². The van der Waals surface area contributed by atoms with E-state index in [2.05, 4.69) is 32.0 Å². The lowest BCUT2D eigenvalue weighted by Crippen LogP contribution is -1.84. The summed E-state index contributed by atoms with van der Waals surface area (Å²) in [6, 6.07) is 2.06. The van der Waals surface area contributed by atoms with Crippen molar-refractivity contribution in [3.63, 3.8) is 0 Å². The first-order valence-electron chi connectivity index (χ1n) is 3.38. The lowest BCUT2D eigenvalue weighted by atomic mass is 10.4. The maximum absolute atomic E-state index is 8.41. The molecule has 1 N–H and O–H groups in total. The lowest BCUT2D eigenvalue weighted by molar-refractivity contribution is 0.974. The molecule has 0 spiro atoms. The van der Waals surface area contributed by atoms with E-state index in [0.29, 0.717) is 6.42 Å². The predicted octanol–water partition coefficient (Wildman–Crippen LogP) is 1.80. The fourth-order valence-electron chi connectivity index (χ4n) is 0.803. The van der Waals surface area contributed by atoms with E-state index in [1.54, 1.807) is 0 Å². The van der Waals surface area contributed by atoms with Gasteiger partial charge >= 0.3 is 0 Å². The zero-order valence-electron chi connectivity index (χ0n) is 6.19. The van der Waals surface area contributed by atoms with Crippen LogP contribution in [0.2, 0.25) is 0 Å². The molecule has 0 aliphatic rings. The van der Waals surface area contributed by atoms with Crippen LogP contribution in [-0.4, -0.2) is 9.97 Å². The van der Waals surface area contributed by atoms with E-state index in [-0.39, 0.29) is 0 Å². The number of hydrogen-bond acceptors (Lipinski definition) is 2. The number of hydrogen-bond donors (Lipinski definition) is 1. The van der Waals surface area contributed by atoms with Gasteiger partial charge in [-0.15, -0.1) is 0 Å². The Labute approximate surface area is 73.6 Å². The highest BCUT2D eigenvalue weighted by molar-refractivity contribution is 9.10. The van der Waals surface area contributed by atoms with E-state index in [0.717, 1.165) is 22.5 Å². The summed E-state index contributed by atoms with van der Waals surface area (Å²) in [5.74, 6) is 0.919. The second-order valence-corrected chi connectivity index (χ2v) is 2.89. The van der Waals surface area contributed by atoms with Crippen molar-refractivity contribution in [1.29, 1.82) is 5.26 Å². The van der Waals surface area contributed by atoms with Gasteiger partial charge in [-0.1, -0.05) is 6.92 Å². The smallest absolute Gasteiger partial charge is 0.128 e. The molecule has 1 aromatic rings. The third-order valence-electron chi connectivity index (χ3n) is 1.37. The number of halogens is 1. The van der Waals surface area contributed by atoms with Crippen molar-refractivity contribution in [1.82, 2.24) is 9.97 Å². The Kier molecular flexibility index (Phi) is 2.66. The van der Waals surface area contributed by atoms with Gasteiger partial charge in [-0.2, -0.15) is 5.26 Å². The van der Waals surface area contributed by atoms with Crippen LogP contribution in [0.1, 0.15) is 18.4 Å². The highest BCUT2D eigenvalue weighted by Crippen LogP contribution is 2.13. The molecule has 0 unspecified atom stereocenters. The Morgan fingerprint density at radius 3 is 2.91 bits per heavy atom. The van der Waals surface area contributed by atoms with Gasteiger partial charge in [-0.3, -0.25) is 0 Å². The first-order chi connectivity index (χ1) is 5.27. The summed E-state index contributed by atoms with van der Waals surface area (Å²) in [5.41, 5.74) is 0.865. The number of imidazole rings is 1. The number of nitrogens with zero attached hydrogens (tertiary/aromatic N) is 2. The van der Waals surface area contributed by atoms with E-state index < -0.39 is 0 Å². The Balaban J connectivity index is 2.90. The van der Waals surface area contributed by atoms with Crippen LogP contribution in [0.4, 0.5) is 0 Å². The second-order valence-electron chi connectivity index (χ2n) is 2.14. The summed E-state index contributed by atoms with van der Waals surface area (Å²) >= 11 is 3.27. The summed E-state index contributed by atoms with van der Waals surface area (Å²) < 4.78 is 0.760. The van der Waals surface area contributed by atoms with E-state index >= 15 is 0 Å². The van der Waals surface area contributed by atoms with E-state index in [9.17, 15) is 0 Å². The normalized spacial score (nSPS) is 9.55. The largest absolute Gasteiger partial charge is 0.344 e. The molecule has 4 heteroatoms. The van der Waals surface area contributed by atoms with Gasteiger partial charge in [0.05, 0.1) is 18.2 Å². The molecule has 3 nitrogen and oxygen atoms in total. The zero-order valence-corrected chi connectivity index (χ0v) is 7.77. The van der Waals surface area contributed by atoms with Crippen LogP contribution >= 0.6 is 15.9 Å². The molecular formula is C7H8BrN3. The van der Waals surface area contributed by atoms with Crippen LogP contribution < -0.4 is 0 Å². The predicted molar refractivity (Wildman–Crippen MR) is 45.0 cm³/mol. The van der Waals surface area contributed by atoms with Crippen molar-refractivity contribution in [2.24, 2.45) is 0 Å². The maximum atomic E-state index is 8.41. The van der Waals surface area contributed by atoms with Crippen molar-refractivity contribution in [2.75, 3.05) is 0 Å². The van der Waals surface area contributed by atoms with Gasteiger partial charge in [-0.25, -0.2) is 4.98 Å². The number of rotatable bonds is 2. The molecule has 0 aromatic carbocycles. The van der Waals surface area contributed by atoms with Crippen LogP contribution in [0.5, 0.6) is 0 Å². The van der Waals surface area contributed by atoms with Gasteiger partial charge in [0.1, 0.15) is 10.4 Å². The summed E-state index contributed by atoms with van der Waals surface area (Å²) in [4.78, 5) is 7.21. The Hall–Kier alpha value is -0.820. The average molecular weight is 214 g/mol. The quantitative estimate of drug-likeness (QED) is 0.815. The molecule has 0 bridgehead atoms. The minimum absolute atomic E-state index is 0.383. The number of aryl methyl sites for hydroxylation is 1. The highest BCUT2D eigenvalue weighted by Gasteiger charge is 2.04. The Morgan fingerprint density at radius 1 is 1.73 bits per heavy atom. The minimum Gasteiger partial charge on any atom is -0.344 e. The molecule has 0 aliphatic carbocycles. The lowest BCUT2D eigenvalue weighted by Gasteiger charge is -1.85.